The van der Waals surface area contributed by atoms with E-state index in [1.165, 1.54) is 17.2 Å². The maximum absolute atomic E-state index is 13.4. The summed E-state index contributed by atoms with van der Waals surface area (Å²) < 4.78 is 28.0. The first-order valence-electron chi connectivity index (χ1n) is 10.7. The van der Waals surface area contributed by atoms with Crippen molar-refractivity contribution in [3.63, 3.8) is 0 Å². The second kappa shape index (κ2) is 8.94. The molecule has 11 heteroatoms. The maximum Gasteiger partial charge on any atom is 0.314 e. The summed E-state index contributed by atoms with van der Waals surface area (Å²) in [7, 11) is -2.21. The summed E-state index contributed by atoms with van der Waals surface area (Å²) >= 11 is 7.03. The molecule has 0 aliphatic carbocycles. The molecule has 2 aliphatic heterocycles. The van der Waals surface area contributed by atoms with Gasteiger partial charge in [0.05, 0.1) is 0 Å². The van der Waals surface area contributed by atoms with Crippen molar-refractivity contribution in [1.82, 2.24) is 9.37 Å². The van der Waals surface area contributed by atoms with Crippen molar-refractivity contribution in [3.05, 3.63) is 58.6 Å². The predicted molar refractivity (Wildman–Crippen MR) is 130 cm³/mol. The smallest absolute Gasteiger partial charge is 0.314 e. The molecule has 178 valence electrons. The highest BCUT2D eigenvalue weighted by Gasteiger charge is 2.45. The number of nitrogens with zero attached hydrogens (tertiary/aromatic N) is 3. The number of sulfonamides is 1. The van der Waals surface area contributed by atoms with Crippen LogP contribution in [0.4, 0.5) is 5.69 Å². The van der Waals surface area contributed by atoms with Crippen LogP contribution in [0.25, 0.3) is 10.1 Å². The van der Waals surface area contributed by atoms with E-state index in [9.17, 15) is 18.0 Å². The molecule has 1 saturated heterocycles. The van der Waals surface area contributed by atoms with Gasteiger partial charge in [0, 0.05) is 35.0 Å². The Bertz CT molecular complexity index is 1390. The number of carbonyl (C=O) groups excluding carboxylic acids is 2. The van der Waals surface area contributed by atoms with Gasteiger partial charge in [0.2, 0.25) is 5.91 Å². The normalized spacial score (nSPS) is 19.1. The number of hydrogen-bond acceptors (Lipinski definition) is 7. The molecule has 1 amide bonds. The number of likely N-dealkylation sites (N-methyl/N-ethyl adjacent to an activating group) is 1. The fourth-order valence-corrected chi connectivity index (χ4v) is 7.62. The van der Waals surface area contributed by atoms with E-state index >= 15 is 0 Å². The molecule has 5 rings (SSSR count). The number of carbonyl (C=O) groups is 2. The Morgan fingerprint density at radius 2 is 1.97 bits per heavy atom. The minimum atomic E-state index is -4.28. The van der Waals surface area contributed by atoms with Crippen LogP contribution in [0.2, 0.25) is 5.02 Å². The van der Waals surface area contributed by atoms with E-state index in [2.05, 4.69) is 11.9 Å². The number of amides is 1. The quantitative estimate of drug-likeness (QED) is 0.366. The standard InChI is InChI=1S/C23H22ClN3O5S2/c1-25-8-6-15-10-19(5-3-17(15)13-25)26-9-7-20(23(26)29)27(32-14-28)34(30,31)22-11-16-2-4-18(24)12-21(16)33-22/h2-5,10-12,14,20H,6-9,13H2,1H3. The number of hydrogen-bond donors (Lipinski definition) is 0. The number of fused-ring (bicyclic) bond motifs is 2. The molecule has 1 unspecified atom stereocenters. The van der Waals surface area contributed by atoms with Gasteiger partial charge in [-0.1, -0.05) is 23.7 Å². The summed E-state index contributed by atoms with van der Waals surface area (Å²) in [4.78, 5) is 33.3. The molecule has 1 atom stereocenters. The molecule has 1 fully saturated rings. The molecule has 0 saturated carbocycles. The van der Waals surface area contributed by atoms with Gasteiger partial charge in [-0.25, -0.2) is 8.42 Å². The molecule has 34 heavy (non-hydrogen) atoms. The Balaban J connectivity index is 1.44. The molecule has 3 aromatic rings. The number of benzene rings is 2. The number of rotatable bonds is 6. The summed E-state index contributed by atoms with van der Waals surface area (Å²) in [5.74, 6) is -0.428. The Morgan fingerprint density at radius 1 is 1.15 bits per heavy atom. The zero-order chi connectivity index (χ0) is 24.0. The molecule has 0 N–H and O–H groups in total. The molecule has 8 nitrogen and oxygen atoms in total. The second-order valence-corrected chi connectivity index (χ2v) is 12.0. The Labute approximate surface area is 206 Å². The first-order chi connectivity index (χ1) is 16.3. The SMILES string of the molecule is CN1CCc2cc(N3CCC(N(OC=O)S(=O)(=O)c4cc5ccc(Cl)cc5s4)C3=O)ccc2C1. The van der Waals surface area contributed by atoms with Gasteiger partial charge in [-0.2, -0.15) is 0 Å². The third-order valence-corrected chi connectivity index (χ3v) is 9.68. The zero-order valence-corrected chi connectivity index (χ0v) is 20.7. The average Bonchev–Trinajstić information content (AvgIpc) is 3.40. The third-order valence-electron chi connectivity index (χ3n) is 6.23. The number of hydroxylamine groups is 1. The van der Waals surface area contributed by atoms with Crippen LogP contribution in [-0.4, -0.2) is 56.3 Å². The minimum absolute atomic E-state index is 0.0317. The van der Waals surface area contributed by atoms with Gasteiger partial charge in [0.1, 0.15) is 10.3 Å². The van der Waals surface area contributed by atoms with Gasteiger partial charge in [-0.05, 0) is 71.2 Å². The summed E-state index contributed by atoms with van der Waals surface area (Å²) in [5.41, 5.74) is 3.12. The van der Waals surface area contributed by atoms with Gasteiger partial charge < -0.3 is 14.6 Å². The fraction of sp³-hybridized carbons (Fsp3) is 0.304. The Kier molecular flexibility index (Phi) is 6.11. The Morgan fingerprint density at radius 3 is 2.76 bits per heavy atom. The van der Waals surface area contributed by atoms with Crippen molar-refractivity contribution in [2.75, 3.05) is 25.0 Å². The lowest BCUT2D eigenvalue weighted by molar-refractivity contribution is -0.160. The molecule has 2 aliphatic rings. The summed E-state index contributed by atoms with van der Waals surface area (Å²) in [6.45, 7) is 2.14. The topological polar surface area (TPSA) is 87.2 Å². The lowest BCUT2D eigenvalue weighted by Gasteiger charge is -2.27. The first-order valence-corrected chi connectivity index (χ1v) is 13.4. The number of anilines is 1. The van der Waals surface area contributed by atoms with Crippen LogP contribution in [0.3, 0.4) is 0 Å². The number of halogens is 1. The van der Waals surface area contributed by atoms with Gasteiger partial charge >= 0.3 is 6.47 Å². The van der Waals surface area contributed by atoms with E-state index in [0.29, 0.717) is 26.1 Å². The van der Waals surface area contributed by atoms with E-state index in [1.807, 2.05) is 18.2 Å². The Hall–Kier alpha value is -2.50. The second-order valence-electron chi connectivity index (χ2n) is 8.44. The molecular formula is C23H22ClN3O5S2. The lowest BCUT2D eigenvalue weighted by Crippen LogP contribution is -2.45. The van der Waals surface area contributed by atoms with E-state index in [1.54, 1.807) is 23.1 Å². The maximum atomic E-state index is 13.4. The minimum Gasteiger partial charge on any atom is -0.355 e. The van der Waals surface area contributed by atoms with Crippen molar-refractivity contribution in [2.24, 2.45) is 0 Å². The fourth-order valence-electron chi connectivity index (χ4n) is 4.50. The van der Waals surface area contributed by atoms with Crippen molar-refractivity contribution in [3.8, 4) is 0 Å². The monoisotopic (exact) mass is 519 g/mol. The molecule has 0 spiro atoms. The van der Waals surface area contributed by atoms with E-state index < -0.39 is 22.0 Å². The largest absolute Gasteiger partial charge is 0.355 e. The van der Waals surface area contributed by atoms with Crippen LogP contribution in [0.15, 0.2) is 46.7 Å². The van der Waals surface area contributed by atoms with Crippen molar-refractivity contribution < 1.29 is 22.8 Å². The van der Waals surface area contributed by atoms with Gasteiger partial charge in [0.25, 0.3) is 10.0 Å². The van der Waals surface area contributed by atoms with E-state index in [-0.39, 0.29) is 17.1 Å². The van der Waals surface area contributed by atoms with Gasteiger partial charge in [0.15, 0.2) is 0 Å². The molecule has 0 bridgehead atoms. The van der Waals surface area contributed by atoms with Crippen molar-refractivity contribution >= 4 is 61.1 Å². The van der Waals surface area contributed by atoms with Crippen LogP contribution in [-0.2, 0) is 37.4 Å². The van der Waals surface area contributed by atoms with Crippen molar-refractivity contribution in [1.29, 1.82) is 0 Å². The van der Waals surface area contributed by atoms with Crippen LogP contribution in [0.1, 0.15) is 17.5 Å². The van der Waals surface area contributed by atoms with Crippen LogP contribution < -0.4 is 4.90 Å². The van der Waals surface area contributed by atoms with E-state index in [4.69, 9.17) is 16.4 Å². The van der Waals surface area contributed by atoms with Gasteiger partial charge in [-0.15, -0.1) is 11.3 Å². The molecule has 2 aromatic carbocycles. The highest BCUT2D eigenvalue weighted by molar-refractivity contribution is 7.91. The average molecular weight is 520 g/mol. The van der Waals surface area contributed by atoms with Crippen molar-refractivity contribution in [2.45, 2.75) is 29.6 Å². The summed E-state index contributed by atoms with van der Waals surface area (Å²) in [6.07, 6.45) is 1.08. The van der Waals surface area contributed by atoms with E-state index in [0.717, 1.165) is 36.5 Å². The first kappa shape index (κ1) is 23.3. The van der Waals surface area contributed by atoms with Crippen LogP contribution in [0, 0.1) is 0 Å². The molecule has 1 aromatic heterocycles. The van der Waals surface area contributed by atoms with Crippen LogP contribution >= 0.6 is 22.9 Å². The summed E-state index contributed by atoms with van der Waals surface area (Å²) in [5, 5.41) is 1.18. The molecule has 0 radical (unpaired) electrons. The molecular weight excluding hydrogens is 498 g/mol. The highest BCUT2D eigenvalue weighted by Crippen LogP contribution is 2.35. The number of thiophene rings is 1. The van der Waals surface area contributed by atoms with Gasteiger partial charge in [-0.3, -0.25) is 9.59 Å². The third kappa shape index (κ3) is 4.09. The zero-order valence-electron chi connectivity index (χ0n) is 18.3. The van der Waals surface area contributed by atoms with Crippen LogP contribution in [0.5, 0.6) is 0 Å². The lowest BCUT2D eigenvalue weighted by atomic mass is 9.99. The highest BCUT2D eigenvalue weighted by atomic mass is 35.5. The predicted octanol–water partition coefficient (Wildman–Crippen LogP) is 3.43. The molecule has 3 heterocycles. The summed E-state index contributed by atoms with van der Waals surface area (Å²) in [6, 6.07) is 11.3.